The molecule has 6 heteroatoms. The maximum atomic E-state index is 13.1. The monoisotopic (exact) mass is 407 g/mol. The molecule has 6 nitrogen and oxygen atoms in total. The minimum Gasteiger partial charge on any atom is -0.385 e. The fourth-order valence-corrected chi connectivity index (χ4v) is 3.31. The van der Waals surface area contributed by atoms with Crippen molar-refractivity contribution in [2.24, 2.45) is 7.05 Å². The Morgan fingerprint density at radius 1 is 0.966 bits per heavy atom. The second kappa shape index (κ2) is 15.1. The van der Waals surface area contributed by atoms with Gasteiger partial charge in [0.1, 0.15) is 0 Å². The summed E-state index contributed by atoms with van der Waals surface area (Å²) in [6.45, 7) is 6.91. The van der Waals surface area contributed by atoms with Gasteiger partial charge in [0.15, 0.2) is 0 Å². The van der Waals surface area contributed by atoms with Crippen molar-refractivity contribution in [3.63, 3.8) is 0 Å². The average molecular weight is 408 g/mol. The molecule has 0 unspecified atom stereocenters. The van der Waals surface area contributed by atoms with Gasteiger partial charge in [-0.25, -0.2) is 0 Å². The Hall–Kier alpha value is -1.82. The van der Waals surface area contributed by atoms with Crippen LogP contribution in [-0.2, 0) is 27.9 Å². The molecule has 0 saturated carbocycles. The maximum absolute atomic E-state index is 13.1. The van der Waals surface area contributed by atoms with Crippen molar-refractivity contribution in [2.75, 3.05) is 33.4 Å². The highest BCUT2D eigenvalue weighted by Gasteiger charge is 2.21. The van der Waals surface area contributed by atoms with Gasteiger partial charge in [0.25, 0.3) is 0 Å². The third kappa shape index (κ3) is 9.97. The number of aromatic nitrogens is 1. The Morgan fingerprint density at radius 2 is 1.69 bits per heavy atom. The van der Waals surface area contributed by atoms with E-state index in [2.05, 4.69) is 13.8 Å². The molecule has 0 aliphatic rings. The van der Waals surface area contributed by atoms with E-state index < -0.39 is 0 Å². The first kappa shape index (κ1) is 25.2. The number of nitrogens with zero attached hydrogens (tertiary/aromatic N) is 3. The zero-order valence-electron chi connectivity index (χ0n) is 19.0. The standard InChI is InChI=1S/C23H41N3O3/c1-5-7-9-10-14-22(27)26(17-12-18-29-4)20-23(28)25(16-8-6-2)19-21-13-11-15-24(21)3/h11,13,15H,5-10,12,14,16-20H2,1-4H3. The Morgan fingerprint density at radius 3 is 2.31 bits per heavy atom. The smallest absolute Gasteiger partial charge is 0.242 e. The largest absolute Gasteiger partial charge is 0.385 e. The van der Waals surface area contributed by atoms with Gasteiger partial charge in [-0.2, -0.15) is 0 Å². The van der Waals surface area contributed by atoms with E-state index in [0.29, 0.717) is 26.1 Å². The van der Waals surface area contributed by atoms with E-state index in [0.717, 1.165) is 57.2 Å². The minimum atomic E-state index is 0.0268. The van der Waals surface area contributed by atoms with E-state index in [4.69, 9.17) is 4.74 Å². The number of amides is 2. The van der Waals surface area contributed by atoms with Gasteiger partial charge in [-0.05, 0) is 31.4 Å². The van der Waals surface area contributed by atoms with Gasteiger partial charge >= 0.3 is 0 Å². The topological polar surface area (TPSA) is 54.8 Å². The summed E-state index contributed by atoms with van der Waals surface area (Å²) in [5.41, 5.74) is 1.10. The molecule has 0 aliphatic heterocycles. The average Bonchev–Trinajstić information content (AvgIpc) is 3.12. The van der Waals surface area contributed by atoms with Crippen LogP contribution in [-0.4, -0.2) is 59.5 Å². The van der Waals surface area contributed by atoms with E-state index in [-0.39, 0.29) is 18.4 Å². The molecule has 1 heterocycles. The molecule has 2 amide bonds. The lowest BCUT2D eigenvalue weighted by molar-refractivity contribution is -0.141. The van der Waals surface area contributed by atoms with Gasteiger partial charge in [0.05, 0.1) is 13.1 Å². The Balaban J connectivity index is 2.74. The number of carbonyl (C=O) groups excluding carboxylic acids is 2. The second-order valence-corrected chi connectivity index (χ2v) is 7.75. The Labute approximate surface area is 177 Å². The summed E-state index contributed by atoms with van der Waals surface area (Å²) in [6, 6.07) is 4.04. The third-order valence-electron chi connectivity index (χ3n) is 5.24. The summed E-state index contributed by atoms with van der Waals surface area (Å²) in [5.74, 6) is 0.110. The lowest BCUT2D eigenvalue weighted by Gasteiger charge is -2.28. The number of rotatable bonds is 16. The normalized spacial score (nSPS) is 10.9. The van der Waals surface area contributed by atoms with Crippen LogP contribution in [0.1, 0.15) is 70.9 Å². The molecule has 0 spiro atoms. The van der Waals surface area contributed by atoms with Crippen molar-refractivity contribution in [1.82, 2.24) is 14.4 Å². The van der Waals surface area contributed by atoms with Gasteiger partial charge in [0, 0.05) is 52.2 Å². The highest BCUT2D eigenvalue weighted by Crippen LogP contribution is 2.10. The number of hydrogen-bond acceptors (Lipinski definition) is 3. The van der Waals surface area contributed by atoms with Crippen LogP contribution in [0.3, 0.4) is 0 Å². The molecule has 0 aliphatic carbocycles. The lowest BCUT2D eigenvalue weighted by atomic mass is 10.1. The first-order valence-electron chi connectivity index (χ1n) is 11.2. The van der Waals surface area contributed by atoms with Crippen molar-refractivity contribution < 1.29 is 14.3 Å². The number of aryl methyl sites for hydroxylation is 1. The van der Waals surface area contributed by atoms with Gasteiger partial charge < -0.3 is 19.1 Å². The van der Waals surface area contributed by atoms with Crippen molar-refractivity contribution >= 4 is 11.8 Å². The number of methoxy groups -OCH3 is 1. The number of carbonyl (C=O) groups is 2. The molecule has 29 heavy (non-hydrogen) atoms. The first-order valence-corrected chi connectivity index (χ1v) is 11.2. The maximum Gasteiger partial charge on any atom is 0.242 e. The van der Waals surface area contributed by atoms with Gasteiger partial charge in [-0.15, -0.1) is 0 Å². The predicted molar refractivity (Wildman–Crippen MR) is 118 cm³/mol. The Kier molecular flexibility index (Phi) is 13.1. The summed E-state index contributed by atoms with van der Waals surface area (Å²) < 4.78 is 7.18. The lowest BCUT2D eigenvalue weighted by Crippen LogP contribution is -2.43. The molecule has 1 rings (SSSR count). The summed E-state index contributed by atoms with van der Waals surface area (Å²) in [4.78, 5) is 29.5. The van der Waals surface area contributed by atoms with E-state index in [1.807, 2.05) is 34.8 Å². The molecule has 0 saturated heterocycles. The number of hydrogen-bond donors (Lipinski definition) is 0. The number of ether oxygens (including phenoxy) is 1. The number of unbranched alkanes of at least 4 members (excludes halogenated alkanes) is 4. The molecule has 0 fully saturated rings. The molecular weight excluding hydrogens is 366 g/mol. The zero-order valence-corrected chi connectivity index (χ0v) is 19.0. The first-order chi connectivity index (χ1) is 14.0. The van der Waals surface area contributed by atoms with E-state index in [1.165, 1.54) is 0 Å². The van der Waals surface area contributed by atoms with Crippen molar-refractivity contribution in [3.05, 3.63) is 24.0 Å². The highest BCUT2D eigenvalue weighted by atomic mass is 16.5. The van der Waals surface area contributed by atoms with E-state index in [1.54, 1.807) is 12.0 Å². The molecule has 0 aromatic carbocycles. The fourth-order valence-electron chi connectivity index (χ4n) is 3.31. The van der Waals surface area contributed by atoms with Crippen LogP contribution >= 0.6 is 0 Å². The predicted octanol–water partition coefficient (Wildman–Crippen LogP) is 3.99. The van der Waals surface area contributed by atoms with Crippen molar-refractivity contribution in [1.29, 1.82) is 0 Å². The summed E-state index contributed by atoms with van der Waals surface area (Å²) in [6.07, 6.45) is 9.52. The fraction of sp³-hybridized carbons (Fsp3) is 0.739. The molecular formula is C23H41N3O3. The molecule has 0 atom stereocenters. The van der Waals surface area contributed by atoms with Gasteiger partial charge in [-0.1, -0.05) is 39.5 Å². The van der Waals surface area contributed by atoms with Crippen LogP contribution in [0.15, 0.2) is 18.3 Å². The molecule has 0 radical (unpaired) electrons. The summed E-state index contributed by atoms with van der Waals surface area (Å²) >= 11 is 0. The minimum absolute atomic E-state index is 0.0268. The SMILES string of the molecule is CCCCCCC(=O)N(CCCOC)CC(=O)N(CCCC)Cc1cccn1C. The van der Waals surface area contributed by atoms with Crippen LogP contribution in [0.2, 0.25) is 0 Å². The molecule has 1 aromatic heterocycles. The quantitative estimate of drug-likeness (QED) is 0.389. The van der Waals surface area contributed by atoms with Crippen LogP contribution in [0, 0.1) is 0 Å². The third-order valence-corrected chi connectivity index (χ3v) is 5.24. The van der Waals surface area contributed by atoms with Gasteiger partial charge in [-0.3, -0.25) is 9.59 Å². The molecule has 166 valence electrons. The van der Waals surface area contributed by atoms with Crippen LogP contribution in [0.5, 0.6) is 0 Å². The molecule has 1 aromatic rings. The summed E-state index contributed by atoms with van der Waals surface area (Å²) in [7, 11) is 3.66. The molecule has 0 N–H and O–H groups in total. The van der Waals surface area contributed by atoms with Crippen LogP contribution < -0.4 is 0 Å². The Bertz CT molecular complexity index is 586. The van der Waals surface area contributed by atoms with Gasteiger partial charge in [0.2, 0.25) is 11.8 Å². The van der Waals surface area contributed by atoms with E-state index >= 15 is 0 Å². The van der Waals surface area contributed by atoms with Crippen molar-refractivity contribution in [2.45, 2.75) is 71.8 Å². The van der Waals surface area contributed by atoms with Crippen LogP contribution in [0.4, 0.5) is 0 Å². The second-order valence-electron chi connectivity index (χ2n) is 7.75. The van der Waals surface area contributed by atoms with Crippen LogP contribution in [0.25, 0.3) is 0 Å². The highest BCUT2D eigenvalue weighted by molar-refractivity contribution is 5.84. The zero-order chi connectivity index (χ0) is 21.5. The van der Waals surface area contributed by atoms with Crippen molar-refractivity contribution in [3.8, 4) is 0 Å². The van der Waals surface area contributed by atoms with E-state index in [9.17, 15) is 9.59 Å². The molecule has 0 bridgehead atoms. The summed E-state index contributed by atoms with van der Waals surface area (Å²) in [5, 5.41) is 0.